The van der Waals surface area contributed by atoms with E-state index in [0.29, 0.717) is 39.3 Å². The molecule has 3 aromatic heterocycles. The standard InChI is InChI=1S/C23H20ClFN6O.C5H11N/c1-32-23-29-21-16(22(30-23)31-10-13-5-6-14(11-31)28-13)9-27-20(19(21)25)15-8-26-7-12-3-2-4-17(24)18(12)15;1-6-4-2-3-5-6/h2-4,7-9,13-14,28H,5-6,10-11H2,1H3;2-5H2,1H3. The van der Waals surface area contributed by atoms with Gasteiger partial charge in [0.05, 0.1) is 12.5 Å². The second kappa shape index (κ2) is 10.6. The van der Waals surface area contributed by atoms with E-state index < -0.39 is 5.82 Å². The Labute approximate surface area is 226 Å². The second-order valence-corrected chi connectivity index (χ2v) is 10.7. The van der Waals surface area contributed by atoms with Crippen molar-refractivity contribution in [1.82, 2.24) is 30.2 Å². The largest absolute Gasteiger partial charge is 0.467 e. The zero-order valence-electron chi connectivity index (χ0n) is 21.6. The molecule has 3 fully saturated rings. The minimum Gasteiger partial charge on any atom is -0.467 e. The summed E-state index contributed by atoms with van der Waals surface area (Å²) in [6.07, 6.45) is 10.0. The lowest BCUT2D eigenvalue weighted by Crippen LogP contribution is -2.51. The van der Waals surface area contributed by atoms with Crippen LogP contribution >= 0.6 is 11.6 Å². The zero-order valence-corrected chi connectivity index (χ0v) is 22.4. The van der Waals surface area contributed by atoms with E-state index in [0.717, 1.165) is 31.3 Å². The molecule has 0 aliphatic carbocycles. The number of ether oxygens (including phenoxy) is 1. The van der Waals surface area contributed by atoms with Gasteiger partial charge in [-0.15, -0.1) is 0 Å². The molecule has 3 saturated heterocycles. The van der Waals surface area contributed by atoms with Gasteiger partial charge in [0, 0.05) is 65.1 Å². The fourth-order valence-corrected chi connectivity index (χ4v) is 6.04. The predicted molar refractivity (Wildman–Crippen MR) is 148 cm³/mol. The number of pyridine rings is 2. The SMILES string of the molecule is CN1CCCC1.COc1nc(N2CC3CCC(C2)N3)c2cnc(-c3cncc4cccc(Cl)c34)c(F)c2n1. The number of nitrogens with one attached hydrogen (secondary N) is 1. The molecule has 2 atom stereocenters. The van der Waals surface area contributed by atoms with Gasteiger partial charge in [0.1, 0.15) is 17.0 Å². The minimum atomic E-state index is -0.545. The summed E-state index contributed by atoms with van der Waals surface area (Å²) in [7, 11) is 3.66. The normalized spacial score (nSPS) is 21.1. The minimum absolute atomic E-state index is 0.128. The topological polar surface area (TPSA) is 79.3 Å². The molecule has 0 radical (unpaired) electrons. The summed E-state index contributed by atoms with van der Waals surface area (Å²) in [6, 6.07) is 6.44. The molecule has 38 heavy (non-hydrogen) atoms. The average Bonchev–Trinajstić information content (AvgIpc) is 3.55. The fourth-order valence-electron chi connectivity index (χ4n) is 5.76. The molecule has 2 unspecified atom stereocenters. The van der Waals surface area contributed by atoms with Crippen molar-refractivity contribution in [2.75, 3.05) is 45.2 Å². The van der Waals surface area contributed by atoms with Gasteiger partial charge in [0.25, 0.3) is 0 Å². The Morgan fingerprint density at radius 2 is 1.82 bits per heavy atom. The number of methoxy groups -OCH3 is 1. The van der Waals surface area contributed by atoms with Crippen LogP contribution in [0, 0.1) is 5.82 Å². The molecular formula is C28H31ClFN7O. The molecule has 6 heterocycles. The quantitative estimate of drug-likeness (QED) is 0.404. The highest BCUT2D eigenvalue weighted by atomic mass is 35.5. The van der Waals surface area contributed by atoms with Crippen LogP contribution in [0.2, 0.25) is 5.02 Å². The summed E-state index contributed by atoms with van der Waals surface area (Å²) >= 11 is 6.45. The van der Waals surface area contributed by atoms with Crippen LogP contribution in [0.3, 0.4) is 0 Å². The van der Waals surface area contributed by atoms with Gasteiger partial charge in [-0.3, -0.25) is 9.97 Å². The van der Waals surface area contributed by atoms with Crippen LogP contribution in [0.1, 0.15) is 25.7 Å². The fraction of sp³-hybridized carbons (Fsp3) is 0.429. The number of fused-ring (bicyclic) bond motifs is 4. The Kier molecular flexibility index (Phi) is 6.99. The maximum atomic E-state index is 15.9. The number of piperazine rings is 1. The Hall–Kier alpha value is -3.14. The first-order valence-corrected chi connectivity index (χ1v) is 13.5. The lowest BCUT2D eigenvalue weighted by atomic mass is 10.0. The van der Waals surface area contributed by atoms with Crippen LogP contribution < -0.4 is 15.0 Å². The maximum absolute atomic E-state index is 15.9. The van der Waals surface area contributed by atoms with Crippen molar-refractivity contribution in [2.24, 2.45) is 0 Å². The molecule has 0 amide bonds. The van der Waals surface area contributed by atoms with Crippen molar-refractivity contribution in [3.05, 3.63) is 47.6 Å². The number of hydrogen-bond donors (Lipinski definition) is 1. The van der Waals surface area contributed by atoms with E-state index in [-0.39, 0.29) is 17.2 Å². The molecule has 2 bridgehead atoms. The van der Waals surface area contributed by atoms with E-state index in [1.807, 2.05) is 12.1 Å². The third-order valence-electron chi connectivity index (χ3n) is 7.66. The maximum Gasteiger partial charge on any atom is 0.318 e. The first-order valence-electron chi connectivity index (χ1n) is 13.1. The van der Waals surface area contributed by atoms with Gasteiger partial charge in [-0.1, -0.05) is 23.7 Å². The van der Waals surface area contributed by atoms with Crippen LogP contribution in [0.25, 0.3) is 32.9 Å². The summed E-state index contributed by atoms with van der Waals surface area (Å²) < 4.78 is 21.3. The summed E-state index contributed by atoms with van der Waals surface area (Å²) in [5.74, 6) is 0.106. The number of anilines is 1. The van der Waals surface area contributed by atoms with Crippen LogP contribution in [0.15, 0.2) is 36.8 Å². The van der Waals surface area contributed by atoms with Crippen molar-refractivity contribution < 1.29 is 9.13 Å². The Balaban J connectivity index is 0.000000390. The molecule has 10 heteroatoms. The molecule has 7 rings (SSSR count). The van der Waals surface area contributed by atoms with Crippen LogP contribution in [0.4, 0.5) is 10.2 Å². The third-order valence-corrected chi connectivity index (χ3v) is 7.97. The lowest BCUT2D eigenvalue weighted by molar-refractivity contribution is 0.380. The smallest absolute Gasteiger partial charge is 0.318 e. The first-order chi connectivity index (χ1) is 18.5. The Bertz CT molecular complexity index is 1460. The summed E-state index contributed by atoms with van der Waals surface area (Å²) in [5, 5.41) is 6.20. The van der Waals surface area contributed by atoms with Crippen LogP contribution in [-0.2, 0) is 0 Å². The van der Waals surface area contributed by atoms with E-state index in [1.54, 1.807) is 24.7 Å². The number of hydrogen-bond acceptors (Lipinski definition) is 8. The van der Waals surface area contributed by atoms with Crippen LogP contribution in [0.5, 0.6) is 6.01 Å². The molecule has 1 N–H and O–H groups in total. The molecule has 1 aromatic carbocycles. The van der Waals surface area contributed by atoms with E-state index in [2.05, 4.69) is 42.1 Å². The van der Waals surface area contributed by atoms with Gasteiger partial charge in [-0.25, -0.2) is 4.39 Å². The Morgan fingerprint density at radius 1 is 1.05 bits per heavy atom. The molecule has 198 valence electrons. The first kappa shape index (κ1) is 25.2. The van der Waals surface area contributed by atoms with E-state index in [9.17, 15) is 0 Å². The molecule has 8 nitrogen and oxygen atoms in total. The highest BCUT2D eigenvalue weighted by molar-refractivity contribution is 6.36. The molecular weight excluding hydrogens is 505 g/mol. The number of likely N-dealkylation sites (tertiary alicyclic amines) is 1. The molecule has 0 spiro atoms. The molecule has 3 aliphatic heterocycles. The van der Waals surface area contributed by atoms with Crippen molar-refractivity contribution in [3.8, 4) is 17.3 Å². The van der Waals surface area contributed by atoms with Crippen LogP contribution in [-0.4, -0.2) is 77.3 Å². The van der Waals surface area contributed by atoms with Gasteiger partial charge in [-0.2, -0.15) is 9.97 Å². The number of aromatic nitrogens is 4. The molecule has 3 aliphatic rings. The molecule has 4 aromatic rings. The van der Waals surface area contributed by atoms with Gasteiger partial charge in [0.2, 0.25) is 0 Å². The van der Waals surface area contributed by atoms with E-state index in [4.69, 9.17) is 16.3 Å². The van der Waals surface area contributed by atoms with Crippen molar-refractivity contribution in [1.29, 1.82) is 0 Å². The summed E-state index contributed by atoms with van der Waals surface area (Å²) in [5.41, 5.74) is 0.842. The number of rotatable bonds is 3. The van der Waals surface area contributed by atoms with E-state index >= 15 is 4.39 Å². The van der Waals surface area contributed by atoms with Crippen molar-refractivity contribution in [2.45, 2.75) is 37.8 Å². The monoisotopic (exact) mass is 535 g/mol. The van der Waals surface area contributed by atoms with E-state index in [1.165, 1.54) is 33.0 Å². The predicted octanol–water partition coefficient (Wildman–Crippen LogP) is 4.69. The lowest BCUT2D eigenvalue weighted by Gasteiger charge is -2.34. The summed E-state index contributed by atoms with van der Waals surface area (Å²) in [6.45, 7) is 4.25. The summed E-state index contributed by atoms with van der Waals surface area (Å²) in [4.78, 5) is 22.2. The average molecular weight is 536 g/mol. The van der Waals surface area contributed by atoms with Gasteiger partial charge >= 0.3 is 6.01 Å². The highest BCUT2D eigenvalue weighted by Gasteiger charge is 2.34. The van der Waals surface area contributed by atoms with Crippen molar-refractivity contribution in [3.63, 3.8) is 0 Å². The van der Waals surface area contributed by atoms with Gasteiger partial charge < -0.3 is 19.9 Å². The second-order valence-electron chi connectivity index (χ2n) is 10.3. The van der Waals surface area contributed by atoms with Gasteiger partial charge in [-0.05, 0) is 51.9 Å². The zero-order chi connectivity index (χ0) is 26.2. The number of halogens is 2. The highest BCUT2D eigenvalue weighted by Crippen LogP contribution is 2.37. The number of benzene rings is 1. The Morgan fingerprint density at radius 3 is 2.50 bits per heavy atom. The van der Waals surface area contributed by atoms with Crippen molar-refractivity contribution >= 4 is 39.1 Å². The third kappa shape index (κ3) is 4.74. The molecule has 0 saturated carbocycles. The number of nitrogens with zero attached hydrogens (tertiary/aromatic N) is 6. The van der Waals surface area contributed by atoms with Gasteiger partial charge in [0.15, 0.2) is 5.82 Å².